The molecular weight excluding hydrogens is 410 g/mol. The number of nitrogens with one attached hydrogen (secondary N) is 1. The third-order valence-electron chi connectivity index (χ3n) is 3.12. The standard InChI is InChI=1S/C17H17Br2NO2/c1-12(22-16-8-7-14(18)11-15(16)19)17(21)20-10-9-13-5-3-2-4-6-13/h2-8,11-12H,9-10H2,1H3,(H,20,21)/t12-/m1/s1. The van der Waals surface area contributed by atoms with Crippen molar-refractivity contribution < 1.29 is 9.53 Å². The van der Waals surface area contributed by atoms with E-state index in [0.717, 1.165) is 15.4 Å². The van der Waals surface area contributed by atoms with Crippen molar-refractivity contribution in [3.63, 3.8) is 0 Å². The first kappa shape index (κ1) is 17.0. The maximum Gasteiger partial charge on any atom is 0.260 e. The smallest absolute Gasteiger partial charge is 0.260 e. The van der Waals surface area contributed by atoms with Crippen molar-refractivity contribution in [1.29, 1.82) is 0 Å². The van der Waals surface area contributed by atoms with Crippen LogP contribution in [0.5, 0.6) is 5.75 Å². The van der Waals surface area contributed by atoms with Crippen LogP contribution in [-0.4, -0.2) is 18.6 Å². The number of carbonyl (C=O) groups excluding carboxylic acids is 1. The maximum atomic E-state index is 12.1. The molecule has 1 atom stereocenters. The first-order chi connectivity index (χ1) is 10.6. The average molecular weight is 427 g/mol. The number of amides is 1. The Morgan fingerprint density at radius 2 is 1.91 bits per heavy atom. The molecule has 0 aliphatic heterocycles. The fourth-order valence-electron chi connectivity index (χ4n) is 1.93. The minimum absolute atomic E-state index is 0.120. The minimum atomic E-state index is -0.548. The molecule has 0 aliphatic rings. The topological polar surface area (TPSA) is 38.3 Å². The molecule has 0 spiro atoms. The predicted molar refractivity (Wildman–Crippen MR) is 95.1 cm³/mol. The third kappa shape index (κ3) is 5.14. The fraction of sp³-hybridized carbons (Fsp3) is 0.235. The molecule has 3 nitrogen and oxygen atoms in total. The van der Waals surface area contributed by atoms with Gasteiger partial charge in [0, 0.05) is 11.0 Å². The summed E-state index contributed by atoms with van der Waals surface area (Å²) in [5, 5.41) is 2.89. The lowest BCUT2D eigenvalue weighted by Gasteiger charge is -2.16. The van der Waals surface area contributed by atoms with E-state index in [4.69, 9.17) is 4.74 Å². The summed E-state index contributed by atoms with van der Waals surface area (Å²) in [4.78, 5) is 12.1. The molecule has 0 aliphatic carbocycles. The molecule has 0 heterocycles. The van der Waals surface area contributed by atoms with Crippen LogP contribution < -0.4 is 10.1 Å². The number of hydrogen-bond acceptors (Lipinski definition) is 2. The molecular formula is C17H17Br2NO2. The van der Waals surface area contributed by atoms with E-state index in [9.17, 15) is 4.79 Å². The Labute approximate surface area is 147 Å². The maximum absolute atomic E-state index is 12.1. The molecule has 2 rings (SSSR count). The van der Waals surface area contributed by atoms with Gasteiger partial charge in [0.25, 0.3) is 5.91 Å². The number of rotatable bonds is 6. The Morgan fingerprint density at radius 1 is 1.18 bits per heavy atom. The summed E-state index contributed by atoms with van der Waals surface area (Å²) in [6.45, 7) is 2.34. The Kier molecular flexibility index (Phi) is 6.46. The van der Waals surface area contributed by atoms with Gasteiger partial charge in [-0.25, -0.2) is 0 Å². The summed E-state index contributed by atoms with van der Waals surface area (Å²) in [5.74, 6) is 0.527. The lowest BCUT2D eigenvalue weighted by Crippen LogP contribution is -2.37. The van der Waals surface area contributed by atoms with Gasteiger partial charge in [-0.3, -0.25) is 4.79 Å². The highest BCUT2D eigenvalue weighted by molar-refractivity contribution is 9.11. The number of hydrogen-bond donors (Lipinski definition) is 1. The number of carbonyl (C=O) groups is 1. The monoisotopic (exact) mass is 425 g/mol. The van der Waals surface area contributed by atoms with Crippen LogP contribution in [0.1, 0.15) is 12.5 Å². The van der Waals surface area contributed by atoms with Crippen LogP contribution in [0.25, 0.3) is 0 Å². The van der Waals surface area contributed by atoms with Crippen molar-refractivity contribution >= 4 is 37.8 Å². The van der Waals surface area contributed by atoms with Gasteiger partial charge in [0.2, 0.25) is 0 Å². The van der Waals surface area contributed by atoms with Crippen LogP contribution in [0, 0.1) is 0 Å². The molecule has 22 heavy (non-hydrogen) atoms. The summed E-state index contributed by atoms with van der Waals surface area (Å²) < 4.78 is 7.45. The molecule has 1 amide bonds. The van der Waals surface area contributed by atoms with Gasteiger partial charge in [0.1, 0.15) is 5.75 Å². The molecule has 0 bridgehead atoms. The van der Waals surface area contributed by atoms with E-state index in [-0.39, 0.29) is 5.91 Å². The molecule has 5 heteroatoms. The normalized spacial score (nSPS) is 11.8. The van der Waals surface area contributed by atoms with E-state index in [1.165, 1.54) is 5.56 Å². The first-order valence-electron chi connectivity index (χ1n) is 6.99. The number of halogens is 2. The van der Waals surface area contributed by atoms with Crippen LogP contribution in [0.15, 0.2) is 57.5 Å². The quantitative estimate of drug-likeness (QED) is 0.746. The van der Waals surface area contributed by atoms with Gasteiger partial charge < -0.3 is 10.1 Å². The summed E-state index contributed by atoms with van der Waals surface area (Å²) in [5.41, 5.74) is 1.20. The highest BCUT2D eigenvalue weighted by atomic mass is 79.9. The third-order valence-corrected chi connectivity index (χ3v) is 4.24. The molecule has 2 aromatic rings. The van der Waals surface area contributed by atoms with Gasteiger partial charge >= 0.3 is 0 Å². The van der Waals surface area contributed by atoms with Gasteiger partial charge in [0.15, 0.2) is 6.10 Å². The first-order valence-corrected chi connectivity index (χ1v) is 8.58. The van der Waals surface area contributed by atoms with E-state index in [1.807, 2.05) is 48.5 Å². The summed E-state index contributed by atoms with van der Waals surface area (Å²) in [6.07, 6.45) is 0.259. The summed E-state index contributed by atoms with van der Waals surface area (Å²) in [7, 11) is 0. The molecule has 0 saturated carbocycles. The van der Waals surface area contributed by atoms with Gasteiger partial charge in [-0.05, 0) is 53.0 Å². The lowest BCUT2D eigenvalue weighted by atomic mass is 10.1. The highest BCUT2D eigenvalue weighted by Gasteiger charge is 2.15. The summed E-state index contributed by atoms with van der Waals surface area (Å²) in [6, 6.07) is 15.6. The molecule has 2 aromatic carbocycles. The van der Waals surface area contributed by atoms with E-state index < -0.39 is 6.10 Å². The summed E-state index contributed by atoms with van der Waals surface area (Å²) >= 11 is 6.80. The zero-order chi connectivity index (χ0) is 15.9. The molecule has 0 unspecified atom stereocenters. The van der Waals surface area contributed by atoms with Crippen molar-refractivity contribution in [3.05, 3.63) is 63.0 Å². The van der Waals surface area contributed by atoms with Crippen LogP contribution in [0.2, 0.25) is 0 Å². The molecule has 0 aromatic heterocycles. The van der Waals surface area contributed by atoms with Crippen LogP contribution in [0.3, 0.4) is 0 Å². The van der Waals surface area contributed by atoms with E-state index in [0.29, 0.717) is 12.3 Å². The van der Waals surface area contributed by atoms with E-state index >= 15 is 0 Å². The van der Waals surface area contributed by atoms with Crippen LogP contribution in [0.4, 0.5) is 0 Å². The van der Waals surface area contributed by atoms with Gasteiger partial charge in [-0.1, -0.05) is 46.3 Å². The molecule has 0 saturated heterocycles. The van der Waals surface area contributed by atoms with E-state index in [2.05, 4.69) is 37.2 Å². The highest BCUT2D eigenvalue weighted by Crippen LogP contribution is 2.28. The van der Waals surface area contributed by atoms with Crippen LogP contribution >= 0.6 is 31.9 Å². The number of benzene rings is 2. The predicted octanol–water partition coefficient (Wildman–Crippen LogP) is 4.34. The molecule has 0 fully saturated rings. The van der Waals surface area contributed by atoms with Crippen molar-refractivity contribution in [1.82, 2.24) is 5.32 Å². The lowest BCUT2D eigenvalue weighted by molar-refractivity contribution is -0.127. The second kappa shape index (κ2) is 8.34. The Balaban J connectivity index is 1.82. The van der Waals surface area contributed by atoms with Crippen molar-refractivity contribution in [2.24, 2.45) is 0 Å². The fourth-order valence-corrected chi connectivity index (χ4v) is 3.07. The Morgan fingerprint density at radius 3 is 2.59 bits per heavy atom. The van der Waals surface area contributed by atoms with Gasteiger partial charge in [0.05, 0.1) is 4.47 Å². The molecule has 1 N–H and O–H groups in total. The zero-order valence-corrected chi connectivity index (χ0v) is 15.4. The second-order valence-electron chi connectivity index (χ2n) is 4.86. The Bertz CT molecular complexity index is 632. The zero-order valence-electron chi connectivity index (χ0n) is 12.2. The van der Waals surface area contributed by atoms with Crippen molar-refractivity contribution in [2.75, 3.05) is 6.54 Å². The number of ether oxygens (including phenoxy) is 1. The van der Waals surface area contributed by atoms with Crippen molar-refractivity contribution in [3.8, 4) is 5.75 Å². The van der Waals surface area contributed by atoms with Crippen LogP contribution in [-0.2, 0) is 11.2 Å². The van der Waals surface area contributed by atoms with Gasteiger partial charge in [-0.2, -0.15) is 0 Å². The Hall–Kier alpha value is -1.33. The second-order valence-corrected chi connectivity index (χ2v) is 6.63. The largest absolute Gasteiger partial charge is 0.480 e. The molecule has 116 valence electrons. The minimum Gasteiger partial charge on any atom is -0.480 e. The van der Waals surface area contributed by atoms with Crippen molar-refractivity contribution in [2.45, 2.75) is 19.4 Å². The average Bonchev–Trinajstić information content (AvgIpc) is 2.51. The van der Waals surface area contributed by atoms with E-state index in [1.54, 1.807) is 6.92 Å². The SMILES string of the molecule is C[C@@H](Oc1ccc(Br)cc1Br)C(=O)NCCc1ccccc1. The van der Waals surface area contributed by atoms with Gasteiger partial charge in [-0.15, -0.1) is 0 Å². The molecule has 0 radical (unpaired) electrons.